The Labute approximate surface area is 86.6 Å². The molecule has 0 unspecified atom stereocenters. The number of hydrogen-bond acceptors (Lipinski definition) is 3. The standard InChI is InChI=1S/C11H8N4/c1-2-4-10-9(3-1)5-6-12-7-11-14-13-8-15(10)11/h1-8H. The average molecular weight is 196 g/mol. The lowest BCUT2D eigenvalue weighted by atomic mass is 10.1. The molecule has 1 aliphatic heterocycles. The normalized spacial score (nSPS) is 12.8. The molecule has 4 nitrogen and oxygen atoms in total. The van der Waals surface area contributed by atoms with Crippen LogP contribution in [0.5, 0.6) is 0 Å². The Bertz CT molecular complexity index is 551. The van der Waals surface area contributed by atoms with Gasteiger partial charge in [0.1, 0.15) is 6.33 Å². The second-order valence-corrected chi connectivity index (χ2v) is 3.21. The third kappa shape index (κ3) is 1.27. The summed E-state index contributed by atoms with van der Waals surface area (Å²) in [4.78, 5) is 4.11. The molecule has 0 saturated carbocycles. The molecule has 0 bridgehead atoms. The molecule has 0 atom stereocenters. The van der Waals surface area contributed by atoms with Gasteiger partial charge in [0.25, 0.3) is 0 Å². The van der Waals surface area contributed by atoms with E-state index >= 15 is 0 Å². The zero-order chi connectivity index (χ0) is 10.1. The van der Waals surface area contributed by atoms with E-state index in [1.165, 1.54) is 0 Å². The molecule has 1 aromatic heterocycles. The molecule has 0 N–H and O–H groups in total. The van der Waals surface area contributed by atoms with Crippen LogP contribution >= 0.6 is 0 Å². The molecule has 0 saturated heterocycles. The van der Waals surface area contributed by atoms with E-state index in [0.717, 1.165) is 17.1 Å². The van der Waals surface area contributed by atoms with Gasteiger partial charge >= 0.3 is 0 Å². The second kappa shape index (κ2) is 3.16. The number of nitrogens with zero attached hydrogens (tertiary/aromatic N) is 4. The summed E-state index contributed by atoms with van der Waals surface area (Å²) in [5.74, 6) is 0.742. The van der Waals surface area contributed by atoms with Crippen molar-refractivity contribution in [3.8, 4) is 5.69 Å². The van der Waals surface area contributed by atoms with Gasteiger partial charge in [-0.15, -0.1) is 10.2 Å². The fourth-order valence-corrected chi connectivity index (χ4v) is 1.60. The molecular formula is C11H8N4. The first-order valence-corrected chi connectivity index (χ1v) is 4.64. The number of hydrogen-bond donors (Lipinski definition) is 0. The van der Waals surface area contributed by atoms with Gasteiger partial charge in [-0.3, -0.25) is 9.56 Å². The van der Waals surface area contributed by atoms with Crippen LogP contribution in [0.4, 0.5) is 0 Å². The van der Waals surface area contributed by atoms with E-state index in [2.05, 4.69) is 15.2 Å². The maximum atomic E-state index is 4.11. The van der Waals surface area contributed by atoms with Gasteiger partial charge in [-0.1, -0.05) is 18.2 Å². The second-order valence-electron chi connectivity index (χ2n) is 3.21. The molecule has 0 fully saturated rings. The highest BCUT2D eigenvalue weighted by molar-refractivity contribution is 5.78. The van der Waals surface area contributed by atoms with Crippen molar-refractivity contribution in [3.05, 3.63) is 48.2 Å². The van der Waals surface area contributed by atoms with Crippen molar-refractivity contribution >= 4 is 12.3 Å². The van der Waals surface area contributed by atoms with E-state index in [-0.39, 0.29) is 0 Å². The fourth-order valence-electron chi connectivity index (χ4n) is 1.60. The summed E-state index contributed by atoms with van der Waals surface area (Å²) in [5.41, 5.74) is 2.18. The first-order valence-electron chi connectivity index (χ1n) is 4.64. The van der Waals surface area contributed by atoms with Crippen molar-refractivity contribution in [2.45, 2.75) is 0 Å². The molecule has 3 rings (SSSR count). The van der Waals surface area contributed by atoms with Gasteiger partial charge in [-0.05, 0) is 12.1 Å². The smallest absolute Gasteiger partial charge is 0.179 e. The van der Waals surface area contributed by atoms with Crippen molar-refractivity contribution in [2.24, 2.45) is 4.99 Å². The van der Waals surface area contributed by atoms with Crippen LogP contribution in [0.1, 0.15) is 11.4 Å². The average Bonchev–Trinajstić information content (AvgIpc) is 2.69. The first-order chi connectivity index (χ1) is 7.45. The number of benzene rings is 1. The van der Waals surface area contributed by atoms with E-state index in [9.17, 15) is 0 Å². The van der Waals surface area contributed by atoms with Gasteiger partial charge in [-0.2, -0.15) is 0 Å². The van der Waals surface area contributed by atoms with E-state index in [0.29, 0.717) is 0 Å². The summed E-state index contributed by atoms with van der Waals surface area (Å²) in [6, 6.07) is 8.07. The Hall–Kier alpha value is -2.23. The Kier molecular flexibility index (Phi) is 1.71. The number of aromatic nitrogens is 3. The fraction of sp³-hybridized carbons (Fsp3) is 0. The lowest BCUT2D eigenvalue weighted by molar-refractivity contribution is 1.03. The topological polar surface area (TPSA) is 43.1 Å². The molecule has 72 valence electrons. The highest BCUT2D eigenvalue weighted by atomic mass is 15.3. The molecule has 4 heteroatoms. The predicted molar refractivity (Wildman–Crippen MR) is 58.0 cm³/mol. The quantitative estimate of drug-likeness (QED) is 0.643. The summed E-state index contributed by atoms with van der Waals surface area (Å²) in [6.07, 6.45) is 7.12. The molecule has 0 radical (unpaired) electrons. The Morgan fingerprint density at radius 1 is 1.13 bits per heavy atom. The number of aliphatic imine (C=N–C) groups is 1. The third-order valence-electron chi connectivity index (χ3n) is 2.30. The number of para-hydroxylation sites is 1. The van der Waals surface area contributed by atoms with Crippen LogP contribution in [0.3, 0.4) is 0 Å². The van der Waals surface area contributed by atoms with E-state index in [1.54, 1.807) is 18.7 Å². The molecule has 2 heterocycles. The summed E-state index contributed by atoms with van der Waals surface area (Å²) >= 11 is 0. The van der Waals surface area contributed by atoms with Crippen LogP contribution < -0.4 is 0 Å². The molecule has 1 aliphatic rings. The van der Waals surface area contributed by atoms with E-state index in [1.807, 2.05) is 34.9 Å². The lowest BCUT2D eigenvalue weighted by Crippen LogP contribution is -2.02. The zero-order valence-electron chi connectivity index (χ0n) is 7.91. The van der Waals surface area contributed by atoms with Crippen LogP contribution in [0.25, 0.3) is 11.8 Å². The monoisotopic (exact) mass is 196 g/mol. The van der Waals surface area contributed by atoms with E-state index in [4.69, 9.17) is 0 Å². The Morgan fingerprint density at radius 2 is 2.07 bits per heavy atom. The summed E-state index contributed by atoms with van der Waals surface area (Å²) in [7, 11) is 0. The molecule has 15 heavy (non-hydrogen) atoms. The minimum absolute atomic E-state index is 0.742. The maximum absolute atomic E-state index is 4.11. The van der Waals surface area contributed by atoms with Crippen LogP contribution in [0, 0.1) is 0 Å². The zero-order valence-corrected chi connectivity index (χ0v) is 7.91. The Balaban J connectivity index is 2.33. The van der Waals surface area contributed by atoms with Gasteiger partial charge < -0.3 is 0 Å². The van der Waals surface area contributed by atoms with Crippen LogP contribution in [0.15, 0.2) is 41.8 Å². The SMILES string of the molecule is C1=Cc2ccccc2-n2cnnc2C=N1. The number of fused-ring (bicyclic) bond motifs is 3. The third-order valence-corrected chi connectivity index (χ3v) is 2.30. The molecule has 0 aliphatic carbocycles. The summed E-state index contributed by atoms with van der Waals surface area (Å²) < 4.78 is 1.92. The summed E-state index contributed by atoms with van der Waals surface area (Å²) in [5, 5.41) is 7.87. The maximum Gasteiger partial charge on any atom is 0.179 e. The number of rotatable bonds is 0. The highest BCUT2D eigenvalue weighted by Gasteiger charge is 2.07. The van der Waals surface area contributed by atoms with Crippen molar-refractivity contribution in [1.82, 2.24) is 14.8 Å². The molecule has 0 spiro atoms. The predicted octanol–water partition coefficient (Wildman–Crippen LogP) is 1.67. The van der Waals surface area contributed by atoms with Gasteiger partial charge in [0.15, 0.2) is 5.82 Å². The lowest BCUT2D eigenvalue weighted by Gasteiger charge is -2.08. The van der Waals surface area contributed by atoms with Crippen molar-refractivity contribution < 1.29 is 0 Å². The Morgan fingerprint density at radius 3 is 3.07 bits per heavy atom. The first kappa shape index (κ1) is 8.11. The minimum Gasteiger partial charge on any atom is -0.280 e. The van der Waals surface area contributed by atoms with E-state index < -0.39 is 0 Å². The van der Waals surface area contributed by atoms with Crippen molar-refractivity contribution in [2.75, 3.05) is 0 Å². The largest absolute Gasteiger partial charge is 0.280 e. The van der Waals surface area contributed by atoms with Gasteiger partial charge in [0.2, 0.25) is 0 Å². The molecule has 2 aromatic rings. The van der Waals surface area contributed by atoms with Gasteiger partial charge in [0, 0.05) is 11.8 Å². The van der Waals surface area contributed by atoms with Crippen LogP contribution in [0.2, 0.25) is 0 Å². The minimum atomic E-state index is 0.742. The van der Waals surface area contributed by atoms with Crippen molar-refractivity contribution in [3.63, 3.8) is 0 Å². The van der Waals surface area contributed by atoms with Gasteiger partial charge in [0.05, 0.1) is 11.9 Å². The van der Waals surface area contributed by atoms with Gasteiger partial charge in [-0.25, -0.2) is 0 Å². The summed E-state index contributed by atoms with van der Waals surface area (Å²) in [6.45, 7) is 0. The van der Waals surface area contributed by atoms with Crippen LogP contribution in [-0.2, 0) is 0 Å². The highest BCUT2D eigenvalue weighted by Crippen LogP contribution is 2.17. The molecule has 1 aromatic carbocycles. The molecule has 0 amide bonds. The van der Waals surface area contributed by atoms with Crippen LogP contribution in [-0.4, -0.2) is 21.0 Å². The van der Waals surface area contributed by atoms with Crippen molar-refractivity contribution in [1.29, 1.82) is 0 Å². The molecular weight excluding hydrogens is 188 g/mol.